The first-order chi connectivity index (χ1) is 15.4. The average Bonchev–Trinajstić information content (AvgIpc) is 2.77. The summed E-state index contributed by atoms with van der Waals surface area (Å²) in [5.74, 6) is -1.50. The molecule has 1 unspecified atom stereocenters. The number of amides is 4. The van der Waals surface area contributed by atoms with Gasteiger partial charge in [-0.25, -0.2) is 9.18 Å². The molecule has 0 bridgehead atoms. The number of nitrogens with one attached hydrogen (secondary N) is 2. The summed E-state index contributed by atoms with van der Waals surface area (Å²) in [4.78, 5) is 54.5. The molecule has 10 nitrogen and oxygen atoms in total. The van der Waals surface area contributed by atoms with Crippen molar-refractivity contribution in [2.24, 2.45) is 0 Å². The van der Waals surface area contributed by atoms with Gasteiger partial charge in [0.2, 0.25) is 17.7 Å². The van der Waals surface area contributed by atoms with E-state index in [0.29, 0.717) is 51.6 Å². The second kappa shape index (κ2) is 10.9. The van der Waals surface area contributed by atoms with Crippen LogP contribution in [0.1, 0.15) is 13.3 Å². The van der Waals surface area contributed by atoms with E-state index in [1.165, 1.54) is 29.2 Å². The Kier molecular flexibility index (Phi) is 7.98. The molecule has 2 aliphatic heterocycles. The fourth-order valence-corrected chi connectivity index (χ4v) is 3.72. The number of anilines is 1. The van der Waals surface area contributed by atoms with Crippen LogP contribution in [0.2, 0.25) is 0 Å². The molecule has 2 N–H and O–H groups in total. The van der Waals surface area contributed by atoms with E-state index in [1.54, 1.807) is 11.8 Å². The van der Waals surface area contributed by atoms with Crippen LogP contribution in [0.15, 0.2) is 24.3 Å². The molecule has 0 saturated carbocycles. The highest BCUT2D eigenvalue weighted by Gasteiger charge is 2.35. The molecular formula is C21H28FN5O5. The van der Waals surface area contributed by atoms with E-state index < -0.39 is 17.8 Å². The second-order valence-corrected chi connectivity index (χ2v) is 7.62. The van der Waals surface area contributed by atoms with Crippen molar-refractivity contribution >= 4 is 29.5 Å². The van der Waals surface area contributed by atoms with E-state index in [4.69, 9.17) is 4.74 Å². The maximum absolute atomic E-state index is 13.0. The van der Waals surface area contributed by atoms with E-state index in [9.17, 15) is 23.6 Å². The van der Waals surface area contributed by atoms with Crippen LogP contribution in [0.4, 0.5) is 14.9 Å². The molecule has 4 amide bonds. The molecule has 1 aromatic carbocycles. The summed E-state index contributed by atoms with van der Waals surface area (Å²) in [5, 5.41) is 5.31. The van der Waals surface area contributed by atoms with Crippen LogP contribution < -0.4 is 10.6 Å². The third-order valence-electron chi connectivity index (χ3n) is 5.42. The number of benzene rings is 1. The van der Waals surface area contributed by atoms with Crippen molar-refractivity contribution < 1.29 is 28.3 Å². The molecule has 1 aromatic rings. The van der Waals surface area contributed by atoms with Gasteiger partial charge >= 0.3 is 6.09 Å². The molecule has 2 aliphatic rings. The van der Waals surface area contributed by atoms with Crippen LogP contribution in [0.5, 0.6) is 0 Å². The first-order valence-electron chi connectivity index (χ1n) is 10.6. The topological polar surface area (TPSA) is 111 Å². The number of piperazine rings is 2. The van der Waals surface area contributed by atoms with Crippen LogP contribution in [0, 0.1) is 5.82 Å². The van der Waals surface area contributed by atoms with Crippen LogP contribution in [0.3, 0.4) is 0 Å². The molecular weight excluding hydrogens is 421 g/mol. The Labute approximate surface area is 185 Å². The molecule has 3 rings (SSSR count). The summed E-state index contributed by atoms with van der Waals surface area (Å²) in [6.07, 6.45) is -0.565. The predicted octanol–water partition coefficient (Wildman–Crippen LogP) is 0.255. The lowest BCUT2D eigenvalue weighted by atomic mass is 10.1. The lowest BCUT2D eigenvalue weighted by Gasteiger charge is -2.38. The van der Waals surface area contributed by atoms with Crippen LogP contribution in [0.25, 0.3) is 0 Å². The highest BCUT2D eigenvalue weighted by molar-refractivity contribution is 5.97. The van der Waals surface area contributed by atoms with Gasteiger partial charge in [0.25, 0.3) is 0 Å². The average molecular weight is 449 g/mol. The maximum atomic E-state index is 13.0. The van der Waals surface area contributed by atoms with Gasteiger partial charge in [0, 0.05) is 45.0 Å². The monoisotopic (exact) mass is 449 g/mol. The van der Waals surface area contributed by atoms with Gasteiger partial charge in [0.15, 0.2) is 0 Å². The number of hydrogen-bond acceptors (Lipinski definition) is 6. The zero-order valence-electron chi connectivity index (χ0n) is 18.0. The van der Waals surface area contributed by atoms with Crippen molar-refractivity contribution in [3.05, 3.63) is 30.1 Å². The van der Waals surface area contributed by atoms with Gasteiger partial charge in [0.05, 0.1) is 19.6 Å². The summed E-state index contributed by atoms with van der Waals surface area (Å²) < 4.78 is 18.0. The van der Waals surface area contributed by atoms with Gasteiger partial charge in [-0.1, -0.05) is 0 Å². The molecule has 0 aliphatic carbocycles. The standard InChI is InChI=1S/C21H28FN5O5/c1-2-32-21(31)26-11-9-25(10-12-26)14-19(29)27-8-7-23-20(30)17(27)13-18(28)24-16-5-3-15(22)4-6-16/h3-6,17H,2,7-14H2,1H3,(H,23,30)(H,24,28). The molecule has 0 spiro atoms. The zero-order valence-corrected chi connectivity index (χ0v) is 18.0. The smallest absolute Gasteiger partial charge is 0.409 e. The lowest BCUT2D eigenvalue weighted by molar-refractivity contribution is -0.145. The molecule has 0 aromatic heterocycles. The Hall–Kier alpha value is -3.21. The molecule has 2 saturated heterocycles. The molecule has 1 atom stereocenters. The van der Waals surface area contributed by atoms with Crippen LogP contribution >= 0.6 is 0 Å². The SMILES string of the molecule is CCOC(=O)N1CCN(CC(=O)N2CCNC(=O)C2CC(=O)Nc2ccc(F)cc2)CC1. The van der Waals surface area contributed by atoms with E-state index in [-0.39, 0.29) is 30.9 Å². The fraction of sp³-hybridized carbons (Fsp3) is 0.524. The maximum Gasteiger partial charge on any atom is 0.409 e. The van der Waals surface area contributed by atoms with E-state index in [1.807, 2.05) is 4.90 Å². The molecule has 32 heavy (non-hydrogen) atoms. The molecule has 2 heterocycles. The largest absolute Gasteiger partial charge is 0.450 e. The number of hydrogen-bond donors (Lipinski definition) is 2. The molecule has 174 valence electrons. The van der Waals surface area contributed by atoms with Gasteiger partial charge in [-0.3, -0.25) is 19.3 Å². The van der Waals surface area contributed by atoms with E-state index in [2.05, 4.69) is 10.6 Å². The number of carbonyl (C=O) groups is 4. The molecule has 0 radical (unpaired) electrons. The third kappa shape index (κ3) is 6.16. The van der Waals surface area contributed by atoms with Crippen molar-refractivity contribution in [3.8, 4) is 0 Å². The summed E-state index contributed by atoms with van der Waals surface area (Å²) in [7, 11) is 0. The van der Waals surface area contributed by atoms with Gasteiger partial charge in [0.1, 0.15) is 11.9 Å². The Morgan fingerprint density at radius 1 is 1.12 bits per heavy atom. The summed E-state index contributed by atoms with van der Waals surface area (Å²) in [5.41, 5.74) is 0.407. The highest BCUT2D eigenvalue weighted by atomic mass is 19.1. The number of halogens is 1. The van der Waals surface area contributed by atoms with Crippen molar-refractivity contribution in [3.63, 3.8) is 0 Å². The number of carbonyl (C=O) groups excluding carboxylic acids is 4. The normalized spacial score (nSPS) is 19.3. The first-order valence-corrected chi connectivity index (χ1v) is 10.6. The zero-order chi connectivity index (χ0) is 23.1. The third-order valence-corrected chi connectivity index (χ3v) is 5.42. The van der Waals surface area contributed by atoms with Gasteiger partial charge in [-0.05, 0) is 31.2 Å². The minimum absolute atomic E-state index is 0.0972. The number of rotatable bonds is 6. The Morgan fingerprint density at radius 2 is 1.81 bits per heavy atom. The Balaban J connectivity index is 1.54. The number of ether oxygens (including phenoxy) is 1. The quantitative estimate of drug-likeness (QED) is 0.644. The minimum atomic E-state index is -0.919. The Bertz CT molecular complexity index is 841. The van der Waals surface area contributed by atoms with E-state index >= 15 is 0 Å². The number of nitrogens with zero attached hydrogens (tertiary/aromatic N) is 3. The first kappa shape index (κ1) is 23.5. The summed E-state index contributed by atoms with van der Waals surface area (Å²) in [6.45, 7) is 4.72. The fourth-order valence-electron chi connectivity index (χ4n) is 3.72. The molecule has 11 heteroatoms. The lowest BCUT2D eigenvalue weighted by Crippen LogP contribution is -2.60. The van der Waals surface area contributed by atoms with Crippen molar-refractivity contribution in [2.45, 2.75) is 19.4 Å². The van der Waals surface area contributed by atoms with E-state index in [0.717, 1.165) is 0 Å². The Morgan fingerprint density at radius 3 is 2.47 bits per heavy atom. The molecule has 2 fully saturated rings. The summed E-state index contributed by atoms with van der Waals surface area (Å²) in [6, 6.07) is 4.37. The van der Waals surface area contributed by atoms with Crippen molar-refractivity contribution in [1.82, 2.24) is 20.0 Å². The predicted molar refractivity (Wildman–Crippen MR) is 113 cm³/mol. The van der Waals surface area contributed by atoms with Crippen molar-refractivity contribution in [1.29, 1.82) is 0 Å². The van der Waals surface area contributed by atoms with Crippen LogP contribution in [-0.2, 0) is 19.1 Å². The minimum Gasteiger partial charge on any atom is -0.450 e. The van der Waals surface area contributed by atoms with Crippen LogP contribution in [-0.4, -0.2) is 97.0 Å². The van der Waals surface area contributed by atoms with Gasteiger partial charge in [-0.15, -0.1) is 0 Å². The summed E-state index contributed by atoms with van der Waals surface area (Å²) >= 11 is 0. The second-order valence-electron chi connectivity index (χ2n) is 7.62. The van der Waals surface area contributed by atoms with Gasteiger partial charge in [-0.2, -0.15) is 0 Å². The van der Waals surface area contributed by atoms with Crippen molar-refractivity contribution in [2.75, 3.05) is 57.7 Å². The van der Waals surface area contributed by atoms with Gasteiger partial charge < -0.3 is 25.2 Å². The highest BCUT2D eigenvalue weighted by Crippen LogP contribution is 2.14.